The molecule has 0 saturated carbocycles. The second kappa shape index (κ2) is 8.24. The van der Waals surface area contributed by atoms with Crippen LogP contribution in [0.4, 0.5) is 0 Å². The smallest absolute Gasteiger partial charge is 0.262 e. The van der Waals surface area contributed by atoms with Crippen molar-refractivity contribution >= 4 is 7.82 Å². The lowest BCUT2D eigenvalue weighted by Crippen LogP contribution is -3.10. The van der Waals surface area contributed by atoms with Crippen molar-refractivity contribution in [2.45, 2.75) is 20.4 Å². The van der Waals surface area contributed by atoms with Crippen LogP contribution >= 0.6 is 7.82 Å². The number of phosphoric acid groups is 1. The lowest BCUT2D eigenvalue weighted by molar-refractivity contribution is -0.910. The van der Waals surface area contributed by atoms with E-state index in [9.17, 15) is 0 Å². The van der Waals surface area contributed by atoms with Crippen LogP contribution in [0.15, 0.2) is 24.3 Å². The van der Waals surface area contributed by atoms with Gasteiger partial charge >= 0.3 is 0 Å². The molecule has 18 heavy (non-hydrogen) atoms. The molecule has 0 aromatic heterocycles. The van der Waals surface area contributed by atoms with Gasteiger partial charge in [0.05, 0.1) is 13.1 Å². The predicted molar refractivity (Wildman–Crippen MR) is 65.9 cm³/mol. The Morgan fingerprint density at radius 3 is 1.89 bits per heavy atom. The lowest BCUT2D eigenvalue weighted by Gasteiger charge is -2.14. The molecule has 104 valence electrons. The minimum Gasteiger partial charge on any atom is -0.756 e. The first-order valence-electron chi connectivity index (χ1n) is 5.64. The number of hydrogen-bond acceptors (Lipinski definition) is 3. The zero-order chi connectivity index (χ0) is 14.2. The van der Waals surface area contributed by atoms with Crippen molar-refractivity contribution in [2.75, 3.05) is 13.1 Å². The summed E-state index contributed by atoms with van der Waals surface area (Å²) in [4.78, 5) is 24.5. The molecule has 1 aromatic carbocycles. The largest absolute Gasteiger partial charge is 0.756 e. The molecule has 0 atom stereocenters. The molecule has 7 heteroatoms. The normalized spacial score (nSPS) is 11.0. The van der Waals surface area contributed by atoms with E-state index in [0.29, 0.717) is 5.75 Å². The first kappa shape index (κ1) is 17.1. The Morgan fingerprint density at radius 1 is 1.17 bits per heavy atom. The van der Waals surface area contributed by atoms with Crippen LogP contribution in [0.3, 0.4) is 0 Å². The number of rotatable bonds is 4. The number of benzene rings is 1. The molecule has 1 rings (SSSR count). The van der Waals surface area contributed by atoms with Gasteiger partial charge in [-0.3, -0.25) is 4.57 Å². The minimum atomic E-state index is -4.89. The molecule has 0 heterocycles. The van der Waals surface area contributed by atoms with Gasteiger partial charge in [0.15, 0.2) is 0 Å². The van der Waals surface area contributed by atoms with Crippen molar-refractivity contribution in [3.05, 3.63) is 29.8 Å². The molecule has 0 saturated heterocycles. The monoisotopic (exact) mass is 277 g/mol. The van der Waals surface area contributed by atoms with Gasteiger partial charge in [-0.05, 0) is 38.1 Å². The van der Waals surface area contributed by atoms with Gasteiger partial charge in [0.1, 0.15) is 12.3 Å². The second-order valence-electron chi connectivity index (χ2n) is 3.79. The number of phenols is 1. The van der Waals surface area contributed by atoms with Gasteiger partial charge in [-0.2, -0.15) is 0 Å². The molecule has 0 bridgehead atoms. The Labute approximate surface area is 107 Å². The zero-order valence-electron chi connectivity index (χ0n) is 10.5. The summed E-state index contributed by atoms with van der Waals surface area (Å²) in [7, 11) is -4.89. The van der Waals surface area contributed by atoms with Crippen LogP contribution in [-0.2, 0) is 11.1 Å². The zero-order valence-corrected chi connectivity index (χ0v) is 11.4. The van der Waals surface area contributed by atoms with Crippen molar-refractivity contribution in [3.8, 4) is 5.75 Å². The van der Waals surface area contributed by atoms with Crippen LogP contribution in [0.2, 0.25) is 0 Å². The van der Waals surface area contributed by atoms with Crippen LogP contribution in [0.1, 0.15) is 19.4 Å². The van der Waals surface area contributed by atoms with Gasteiger partial charge in [-0.25, -0.2) is 0 Å². The van der Waals surface area contributed by atoms with Crippen LogP contribution < -0.4 is 9.79 Å². The first-order chi connectivity index (χ1) is 8.26. The van der Waals surface area contributed by atoms with Crippen molar-refractivity contribution in [3.63, 3.8) is 0 Å². The fourth-order valence-electron chi connectivity index (χ4n) is 1.40. The molecule has 1 aromatic rings. The third-order valence-corrected chi connectivity index (χ3v) is 2.39. The van der Waals surface area contributed by atoms with Crippen LogP contribution in [-0.4, -0.2) is 28.0 Å². The Bertz CT molecular complexity index is 363. The van der Waals surface area contributed by atoms with Crippen LogP contribution in [0.5, 0.6) is 5.75 Å². The fourth-order valence-corrected chi connectivity index (χ4v) is 1.40. The SMILES string of the molecule is CC[NH+](CC)Cc1ccc(O)cc1.O=P([O-])(O)O. The van der Waals surface area contributed by atoms with E-state index < -0.39 is 7.82 Å². The maximum absolute atomic E-state index is 9.10. The van der Waals surface area contributed by atoms with Gasteiger partial charge in [0.25, 0.3) is 7.82 Å². The summed E-state index contributed by atoms with van der Waals surface area (Å²) in [6.45, 7) is 7.74. The third-order valence-electron chi connectivity index (χ3n) is 2.39. The highest BCUT2D eigenvalue weighted by Crippen LogP contribution is 2.18. The summed E-state index contributed by atoms with van der Waals surface area (Å²) >= 11 is 0. The number of quaternary nitrogens is 1. The van der Waals surface area contributed by atoms with E-state index in [2.05, 4.69) is 13.8 Å². The van der Waals surface area contributed by atoms with Gasteiger partial charge < -0.3 is 24.7 Å². The van der Waals surface area contributed by atoms with Crippen molar-refractivity contribution in [1.29, 1.82) is 0 Å². The number of phenolic OH excluding ortho intramolecular Hbond substituents is 1. The van der Waals surface area contributed by atoms with Gasteiger partial charge in [-0.1, -0.05) is 0 Å². The third kappa shape index (κ3) is 10.3. The van der Waals surface area contributed by atoms with E-state index in [1.54, 1.807) is 17.0 Å². The number of hydrogen-bond donors (Lipinski definition) is 4. The maximum atomic E-state index is 9.10. The molecular formula is C11H20NO5P. The predicted octanol–water partition coefficient (Wildman–Crippen LogP) is -0.744. The first-order valence-corrected chi connectivity index (χ1v) is 7.17. The van der Waals surface area contributed by atoms with E-state index in [-0.39, 0.29) is 0 Å². The molecule has 0 aliphatic carbocycles. The molecule has 6 nitrogen and oxygen atoms in total. The van der Waals surface area contributed by atoms with E-state index in [1.807, 2.05) is 12.1 Å². The molecule has 4 N–H and O–H groups in total. The summed E-state index contributed by atoms with van der Waals surface area (Å²) in [5.74, 6) is 0.346. The van der Waals surface area contributed by atoms with E-state index in [1.165, 1.54) is 5.56 Å². The highest BCUT2D eigenvalue weighted by Gasteiger charge is 2.03. The molecular weight excluding hydrogens is 257 g/mol. The van der Waals surface area contributed by atoms with Crippen molar-refractivity contribution < 1.29 is 29.3 Å². The minimum absolute atomic E-state index is 0.346. The molecule has 0 spiro atoms. The number of nitrogens with one attached hydrogen (secondary N) is 1. The average Bonchev–Trinajstić information content (AvgIpc) is 2.26. The van der Waals surface area contributed by atoms with E-state index >= 15 is 0 Å². The van der Waals surface area contributed by atoms with Gasteiger partial charge in [0, 0.05) is 5.56 Å². The molecule has 0 aliphatic heterocycles. The highest BCUT2D eigenvalue weighted by atomic mass is 31.2. The summed E-state index contributed by atoms with van der Waals surface area (Å²) < 4.78 is 8.77. The molecule has 0 fully saturated rings. The van der Waals surface area contributed by atoms with E-state index in [4.69, 9.17) is 24.4 Å². The van der Waals surface area contributed by atoms with E-state index in [0.717, 1.165) is 19.6 Å². The Kier molecular flexibility index (Phi) is 7.82. The summed E-state index contributed by atoms with van der Waals surface area (Å²) in [6.07, 6.45) is 0. The summed E-state index contributed by atoms with van der Waals surface area (Å²) in [5.41, 5.74) is 1.29. The van der Waals surface area contributed by atoms with Crippen LogP contribution in [0.25, 0.3) is 0 Å². The molecule has 0 amide bonds. The maximum Gasteiger partial charge on any atom is 0.262 e. The average molecular weight is 277 g/mol. The second-order valence-corrected chi connectivity index (χ2v) is 4.77. The molecule has 0 radical (unpaired) electrons. The Hall–Kier alpha value is -0.910. The van der Waals surface area contributed by atoms with Crippen LogP contribution in [0, 0.1) is 0 Å². The Morgan fingerprint density at radius 2 is 1.56 bits per heavy atom. The number of aromatic hydroxyl groups is 1. The Balaban J connectivity index is 0.000000494. The fraction of sp³-hybridized carbons (Fsp3) is 0.455. The van der Waals surface area contributed by atoms with Gasteiger partial charge in [-0.15, -0.1) is 0 Å². The lowest BCUT2D eigenvalue weighted by atomic mass is 10.2. The summed E-state index contributed by atoms with van der Waals surface area (Å²) in [6, 6.07) is 7.47. The standard InChI is InChI=1S/C11H17NO.H3O4P/c1-3-12(4-2)9-10-5-7-11(13)8-6-10;1-5(2,3)4/h5-8,13H,3-4,9H2,1-2H3;(H3,1,2,3,4). The topological polar surface area (TPSA) is 105 Å². The quantitative estimate of drug-likeness (QED) is 0.542. The van der Waals surface area contributed by atoms with Crippen molar-refractivity contribution in [1.82, 2.24) is 0 Å². The van der Waals surface area contributed by atoms with Gasteiger partial charge in [0.2, 0.25) is 0 Å². The molecule has 0 unspecified atom stereocenters. The molecule has 0 aliphatic rings. The van der Waals surface area contributed by atoms with Crippen molar-refractivity contribution in [2.24, 2.45) is 0 Å². The summed E-state index contributed by atoms with van der Waals surface area (Å²) in [5, 5.41) is 9.10. The highest BCUT2D eigenvalue weighted by molar-refractivity contribution is 7.43.